The lowest BCUT2D eigenvalue weighted by molar-refractivity contribution is 0.590. The van der Waals surface area contributed by atoms with Crippen LogP contribution >= 0.6 is 0 Å². The molecule has 380 valence electrons. The van der Waals surface area contributed by atoms with Gasteiger partial charge in [0.05, 0.1) is 33.8 Å². The van der Waals surface area contributed by atoms with E-state index in [1.165, 1.54) is 104 Å². The van der Waals surface area contributed by atoms with Crippen LogP contribution < -0.4 is 4.90 Å². The van der Waals surface area contributed by atoms with Gasteiger partial charge < -0.3 is 9.47 Å². The van der Waals surface area contributed by atoms with Crippen LogP contribution in [0.5, 0.6) is 0 Å². The Hall–Kier alpha value is -8.72. The summed E-state index contributed by atoms with van der Waals surface area (Å²) in [4.78, 5) is 2.62. The predicted molar refractivity (Wildman–Crippen MR) is 337 cm³/mol. The highest BCUT2D eigenvalue weighted by atomic mass is 15.2. The van der Waals surface area contributed by atoms with E-state index in [1.54, 1.807) is 0 Å². The molecule has 0 unspecified atom stereocenters. The number of rotatable bonds is 8. The van der Waals surface area contributed by atoms with E-state index in [-0.39, 0.29) is 16.2 Å². The molecule has 0 aliphatic carbocycles. The number of benzene rings is 12. The Morgan fingerprint density at radius 3 is 1.21 bits per heavy atom. The van der Waals surface area contributed by atoms with Gasteiger partial charge in [0, 0.05) is 38.2 Å². The number of nitrogens with zero attached hydrogens (tertiary/aromatic N) is 2. The fraction of sp³-hybridized carbons (Fsp3) is 0.158. The van der Waals surface area contributed by atoms with Crippen molar-refractivity contribution in [3.05, 3.63) is 253 Å². The molecule has 2 heteroatoms. The van der Waals surface area contributed by atoms with Crippen molar-refractivity contribution in [1.82, 2.24) is 4.57 Å². The van der Waals surface area contributed by atoms with E-state index in [4.69, 9.17) is 0 Å². The van der Waals surface area contributed by atoms with E-state index in [0.29, 0.717) is 0 Å². The second-order valence-corrected chi connectivity index (χ2v) is 24.5. The van der Waals surface area contributed by atoms with Crippen LogP contribution in [-0.2, 0) is 16.2 Å². The molecular weight excluding hydrogens is 941 g/mol. The van der Waals surface area contributed by atoms with Gasteiger partial charge in [-0.2, -0.15) is 0 Å². The van der Waals surface area contributed by atoms with Crippen LogP contribution in [0.25, 0.3) is 104 Å². The molecule has 0 saturated heterocycles. The minimum Gasteiger partial charge on any atom is -0.309 e. The molecule has 0 radical (unpaired) electrons. The highest BCUT2D eigenvalue weighted by Gasteiger charge is 2.29. The fourth-order valence-electron chi connectivity index (χ4n) is 12.3. The second-order valence-electron chi connectivity index (χ2n) is 24.5. The zero-order valence-corrected chi connectivity index (χ0v) is 46.4. The van der Waals surface area contributed by atoms with Crippen LogP contribution in [0.1, 0.15) is 79.0 Å². The van der Waals surface area contributed by atoms with Crippen molar-refractivity contribution in [2.75, 3.05) is 4.90 Å². The van der Waals surface area contributed by atoms with Gasteiger partial charge in [-0.15, -0.1) is 0 Å². The van der Waals surface area contributed by atoms with Crippen LogP contribution in [0.4, 0.5) is 17.1 Å². The van der Waals surface area contributed by atoms with Gasteiger partial charge in [0.2, 0.25) is 0 Å². The van der Waals surface area contributed by atoms with Gasteiger partial charge in [-0.25, -0.2) is 0 Å². The molecule has 1 heterocycles. The minimum absolute atomic E-state index is 0.00652. The first-order valence-corrected chi connectivity index (χ1v) is 27.8. The molecule has 0 amide bonds. The quantitative estimate of drug-likeness (QED) is 0.138. The summed E-state index contributed by atoms with van der Waals surface area (Å²) in [5, 5.41) is 9.91. The summed E-state index contributed by atoms with van der Waals surface area (Å²) in [5.41, 5.74) is 20.3. The summed E-state index contributed by atoms with van der Waals surface area (Å²) >= 11 is 0. The maximum Gasteiger partial charge on any atom is 0.0618 e. The van der Waals surface area contributed by atoms with Crippen molar-refractivity contribution in [1.29, 1.82) is 0 Å². The van der Waals surface area contributed by atoms with Crippen LogP contribution in [0.2, 0.25) is 0 Å². The van der Waals surface area contributed by atoms with Crippen LogP contribution in [0.3, 0.4) is 0 Å². The van der Waals surface area contributed by atoms with Gasteiger partial charge in [-0.3, -0.25) is 0 Å². The Balaban J connectivity index is 1.13. The topological polar surface area (TPSA) is 8.17 Å². The van der Waals surface area contributed by atoms with Crippen LogP contribution in [0, 0.1) is 0 Å². The molecule has 13 aromatic rings. The molecule has 0 spiro atoms. The summed E-state index contributed by atoms with van der Waals surface area (Å²) in [6.07, 6.45) is 0. The SMILES string of the molecule is CC(C)(C)c1ccc(-c2ccccc2-c2ccccc2N(c2c(-c3ccc(C(C)(C)C)cc3)cccc2-c2ccc(C(C)(C)C)cc2)c2ccc3ccc4c(-n5c6ccccc6c6ccccc65)ccc5ccc2c3c54)cc1. The predicted octanol–water partition coefficient (Wildman–Crippen LogP) is 21.7. The smallest absolute Gasteiger partial charge is 0.0618 e. The Bertz CT molecular complexity index is 4270. The molecule has 0 fully saturated rings. The van der Waals surface area contributed by atoms with E-state index in [1.807, 2.05) is 0 Å². The molecule has 1 aromatic heterocycles. The molecular formula is C76H66N2. The zero-order chi connectivity index (χ0) is 53.7. The average Bonchev–Trinajstić information content (AvgIpc) is 3.98. The first-order chi connectivity index (χ1) is 37.6. The van der Waals surface area contributed by atoms with Gasteiger partial charge in [-0.1, -0.05) is 269 Å². The van der Waals surface area contributed by atoms with Crippen LogP contribution in [-0.4, -0.2) is 4.57 Å². The Morgan fingerprint density at radius 1 is 0.282 bits per heavy atom. The van der Waals surface area contributed by atoms with Gasteiger partial charge in [0.1, 0.15) is 0 Å². The van der Waals surface area contributed by atoms with Crippen molar-refractivity contribution in [2.24, 2.45) is 0 Å². The van der Waals surface area contributed by atoms with Crippen molar-refractivity contribution < 1.29 is 0 Å². The van der Waals surface area contributed by atoms with E-state index in [0.717, 1.165) is 33.8 Å². The lowest BCUT2D eigenvalue weighted by Gasteiger charge is -2.33. The van der Waals surface area contributed by atoms with Crippen LogP contribution in [0.15, 0.2) is 237 Å². The third-order valence-corrected chi connectivity index (χ3v) is 16.5. The maximum absolute atomic E-state index is 2.62. The Morgan fingerprint density at radius 2 is 0.679 bits per heavy atom. The summed E-state index contributed by atoms with van der Waals surface area (Å²) in [6, 6.07) is 89.5. The number of fused-ring (bicyclic) bond motifs is 3. The van der Waals surface area contributed by atoms with E-state index in [9.17, 15) is 0 Å². The van der Waals surface area contributed by atoms with E-state index < -0.39 is 0 Å². The molecule has 0 aliphatic heterocycles. The highest BCUT2D eigenvalue weighted by molar-refractivity contribution is 6.28. The summed E-state index contributed by atoms with van der Waals surface area (Å²) in [5.74, 6) is 0. The second kappa shape index (κ2) is 18.5. The monoisotopic (exact) mass is 1010 g/mol. The Kier molecular flexibility index (Phi) is 11.6. The first kappa shape index (κ1) is 48.9. The van der Waals surface area contributed by atoms with E-state index in [2.05, 4.69) is 308 Å². The third kappa shape index (κ3) is 8.25. The molecule has 0 atom stereocenters. The molecule has 2 nitrogen and oxygen atoms in total. The summed E-state index contributed by atoms with van der Waals surface area (Å²) in [6.45, 7) is 20.6. The minimum atomic E-state index is 0.00652. The molecule has 0 aliphatic rings. The summed E-state index contributed by atoms with van der Waals surface area (Å²) in [7, 11) is 0. The molecule has 0 saturated carbocycles. The fourth-order valence-corrected chi connectivity index (χ4v) is 12.3. The molecule has 13 rings (SSSR count). The van der Waals surface area contributed by atoms with Crippen molar-refractivity contribution in [3.8, 4) is 50.2 Å². The van der Waals surface area contributed by atoms with Crippen molar-refractivity contribution in [2.45, 2.75) is 78.6 Å². The molecule has 0 N–H and O–H groups in total. The first-order valence-electron chi connectivity index (χ1n) is 27.8. The van der Waals surface area contributed by atoms with E-state index >= 15 is 0 Å². The lowest BCUT2D eigenvalue weighted by Crippen LogP contribution is -2.15. The lowest BCUT2D eigenvalue weighted by atomic mass is 9.84. The largest absolute Gasteiger partial charge is 0.309 e. The third-order valence-electron chi connectivity index (χ3n) is 16.5. The molecule has 78 heavy (non-hydrogen) atoms. The highest BCUT2D eigenvalue weighted by Crippen LogP contribution is 2.53. The summed E-state index contributed by atoms with van der Waals surface area (Å²) < 4.78 is 2.48. The normalized spacial score (nSPS) is 12.4. The Labute approximate surface area is 460 Å². The van der Waals surface area contributed by atoms with Gasteiger partial charge in [0.15, 0.2) is 0 Å². The standard InChI is InChI=1S/C76H66N2/c1-74(2,3)54-39-29-49(30-40-54)57-19-10-11-20-60(57)61-21-12-17-28-68(61)78(73-58(50-31-41-55(42-32-50)75(4,5)6)24-18-25-59(73)51-33-43-56(44-34-51)76(7,8)9)70-48-38-53-35-45-64-69(47-37-52-36-46-65(70)72(53)71(52)64)77-66-26-15-13-22-62(66)63-23-14-16-27-67(63)77/h10-48H,1-9H3. The number of hydrogen-bond donors (Lipinski definition) is 0. The number of anilines is 3. The van der Waals surface area contributed by atoms with Gasteiger partial charge in [0.25, 0.3) is 0 Å². The van der Waals surface area contributed by atoms with Gasteiger partial charge in [-0.05, 0) is 113 Å². The van der Waals surface area contributed by atoms with Crippen molar-refractivity contribution in [3.63, 3.8) is 0 Å². The molecule has 0 bridgehead atoms. The number of hydrogen-bond acceptors (Lipinski definition) is 1. The zero-order valence-electron chi connectivity index (χ0n) is 46.4. The number of para-hydroxylation sites is 4. The number of aromatic nitrogens is 1. The maximum atomic E-state index is 2.62. The molecule has 12 aromatic carbocycles. The van der Waals surface area contributed by atoms with Gasteiger partial charge >= 0.3 is 0 Å². The average molecular weight is 1010 g/mol. The van der Waals surface area contributed by atoms with Crippen molar-refractivity contribution >= 4 is 71.2 Å².